The zero-order valence-corrected chi connectivity index (χ0v) is 12.4. The van der Waals surface area contributed by atoms with Crippen molar-refractivity contribution in [3.8, 4) is 0 Å². The highest BCUT2D eigenvalue weighted by Gasteiger charge is 2.28. The Morgan fingerprint density at radius 2 is 2.16 bits per heavy atom. The van der Waals surface area contributed by atoms with Crippen molar-refractivity contribution in [1.29, 1.82) is 0 Å². The van der Waals surface area contributed by atoms with Crippen molar-refractivity contribution < 1.29 is 9.53 Å². The fourth-order valence-corrected chi connectivity index (χ4v) is 3.12. The Kier molecular flexibility index (Phi) is 3.35. The van der Waals surface area contributed by atoms with Crippen LogP contribution in [-0.4, -0.2) is 17.1 Å². The average molecular weight is 322 g/mol. The maximum Gasteiger partial charge on any atom is 0.356 e. The number of hydrogen-bond donors (Lipinski definition) is 0. The van der Waals surface area contributed by atoms with E-state index in [2.05, 4.69) is 26.6 Å². The Morgan fingerprint density at radius 1 is 1.42 bits per heavy atom. The lowest BCUT2D eigenvalue weighted by molar-refractivity contribution is 0.0513. The molecule has 19 heavy (non-hydrogen) atoms. The molecule has 1 aromatic carbocycles. The first-order chi connectivity index (χ1) is 9.22. The number of fused-ring (bicyclic) bond motifs is 1. The molecule has 0 radical (unpaired) electrons. The molecule has 1 aliphatic carbocycles. The van der Waals surface area contributed by atoms with E-state index in [-0.39, 0.29) is 5.97 Å². The summed E-state index contributed by atoms with van der Waals surface area (Å²) in [5.74, 6) is 0.460. The number of aromatic nitrogens is 1. The van der Waals surface area contributed by atoms with Crippen molar-refractivity contribution >= 4 is 32.8 Å². The van der Waals surface area contributed by atoms with Crippen LogP contribution in [0.5, 0.6) is 0 Å². The fraction of sp³-hybridized carbons (Fsp3) is 0.400. The Bertz CT molecular complexity index is 628. The van der Waals surface area contributed by atoms with Crippen molar-refractivity contribution in [2.24, 2.45) is 5.92 Å². The summed E-state index contributed by atoms with van der Waals surface area (Å²) in [5.41, 5.74) is 1.75. The zero-order valence-electron chi connectivity index (χ0n) is 10.9. The first-order valence-corrected chi connectivity index (χ1v) is 7.45. The third kappa shape index (κ3) is 2.29. The van der Waals surface area contributed by atoms with Crippen molar-refractivity contribution in [2.75, 3.05) is 6.61 Å². The van der Waals surface area contributed by atoms with E-state index < -0.39 is 0 Å². The van der Waals surface area contributed by atoms with Crippen molar-refractivity contribution in [3.63, 3.8) is 0 Å². The molecule has 0 N–H and O–H groups in total. The summed E-state index contributed by atoms with van der Waals surface area (Å²) in [4.78, 5) is 12.2. The van der Waals surface area contributed by atoms with Crippen LogP contribution in [0.25, 0.3) is 10.9 Å². The zero-order chi connectivity index (χ0) is 13.4. The monoisotopic (exact) mass is 321 g/mol. The van der Waals surface area contributed by atoms with Crippen LogP contribution < -0.4 is 0 Å². The summed E-state index contributed by atoms with van der Waals surface area (Å²) >= 11 is 3.56. The second kappa shape index (κ2) is 5.00. The smallest absolute Gasteiger partial charge is 0.356 e. The summed E-state index contributed by atoms with van der Waals surface area (Å²) in [6.45, 7) is 3.14. The SMILES string of the molecule is CCOC(=O)c1c(Br)c2ccccc2n1CC1CC1. The number of esters is 1. The number of carbonyl (C=O) groups excluding carboxylic acids is 1. The van der Waals surface area contributed by atoms with E-state index in [0.29, 0.717) is 18.2 Å². The molecule has 4 heteroatoms. The van der Waals surface area contributed by atoms with Gasteiger partial charge in [-0.3, -0.25) is 0 Å². The minimum Gasteiger partial charge on any atom is -0.461 e. The molecule has 3 nitrogen and oxygen atoms in total. The molecule has 0 aliphatic heterocycles. The normalized spacial score (nSPS) is 14.8. The fourth-order valence-electron chi connectivity index (χ4n) is 2.41. The predicted molar refractivity (Wildman–Crippen MR) is 78.3 cm³/mol. The van der Waals surface area contributed by atoms with Gasteiger partial charge in [0.1, 0.15) is 5.69 Å². The Morgan fingerprint density at radius 3 is 2.84 bits per heavy atom. The van der Waals surface area contributed by atoms with Crippen LogP contribution in [0.4, 0.5) is 0 Å². The minimum atomic E-state index is -0.244. The van der Waals surface area contributed by atoms with Gasteiger partial charge in [0, 0.05) is 17.4 Å². The Labute approximate surface area is 120 Å². The number of rotatable bonds is 4. The number of para-hydroxylation sites is 1. The Balaban J connectivity index is 2.15. The maximum absolute atomic E-state index is 12.2. The molecule has 0 spiro atoms. The van der Waals surface area contributed by atoms with E-state index in [0.717, 1.165) is 21.9 Å². The first kappa shape index (κ1) is 12.7. The number of ether oxygens (including phenoxy) is 1. The van der Waals surface area contributed by atoms with E-state index in [1.165, 1.54) is 12.8 Å². The third-order valence-corrected chi connectivity index (χ3v) is 4.32. The van der Waals surface area contributed by atoms with Crippen molar-refractivity contribution in [2.45, 2.75) is 26.3 Å². The number of nitrogens with zero attached hydrogens (tertiary/aromatic N) is 1. The molecule has 0 bridgehead atoms. The van der Waals surface area contributed by atoms with Gasteiger partial charge in [-0.25, -0.2) is 4.79 Å². The number of benzene rings is 1. The molecule has 1 heterocycles. The van der Waals surface area contributed by atoms with E-state index in [1.54, 1.807) is 0 Å². The van der Waals surface area contributed by atoms with Gasteiger partial charge < -0.3 is 9.30 Å². The molecule has 0 unspecified atom stereocenters. The van der Waals surface area contributed by atoms with E-state index >= 15 is 0 Å². The van der Waals surface area contributed by atoms with Gasteiger partial charge in [-0.05, 0) is 47.7 Å². The summed E-state index contributed by atoms with van der Waals surface area (Å²) < 4.78 is 8.15. The van der Waals surface area contributed by atoms with Crippen LogP contribution in [0.1, 0.15) is 30.3 Å². The molecular weight excluding hydrogens is 306 g/mol. The molecular formula is C15H16BrNO2. The molecule has 0 atom stereocenters. The minimum absolute atomic E-state index is 0.244. The molecule has 0 saturated heterocycles. The van der Waals surface area contributed by atoms with Gasteiger partial charge in [0.25, 0.3) is 0 Å². The number of carbonyl (C=O) groups is 1. The van der Waals surface area contributed by atoms with Gasteiger partial charge in [-0.15, -0.1) is 0 Å². The molecule has 100 valence electrons. The topological polar surface area (TPSA) is 31.2 Å². The third-order valence-electron chi connectivity index (χ3n) is 3.52. The van der Waals surface area contributed by atoms with Gasteiger partial charge in [0.15, 0.2) is 0 Å². The van der Waals surface area contributed by atoms with Crippen LogP contribution in [0.3, 0.4) is 0 Å². The highest BCUT2D eigenvalue weighted by Crippen LogP contribution is 2.36. The highest BCUT2D eigenvalue weighted by molar-refractivity contribution is 9.10. The van der Waals surface area contributed by atoms with Crippen LogP contribution >= 0.6 is 15.9 Å². The largest absolute Gasteiger partial charge is 0.461 e. The van der Waals surface area contributed by atoms with Gasteiger partial charge in [-0.2, -0.15) is 0 Å². The standard InChI is InChI=1S/C15H16BrNO2/c1-2-19-15(18)14-13(16)11-5-3-4-6-12(11)17(14)9-10-7-8-10/h3-6,10H,2,7-9H2,1H3. The van der Waals surface area contributed by atoms with Gasteiger partial charge >= 0.3 is 5.97 Å². The van der Waals surface area contributed by atoms with E-state index in [4.69, 9.17) is 4.74 Å². The Hall–Kier alpha value is -1.29. The van der Waals surface area contributed by atoms with Crippen LogP contribution in [0, 0.1) is 5.92 Å². The van der Waals surface area contributed by atoms with Crippen LogP contribution in [0.15, 0.2) is 28.7 Å². The number of hydrogen-bond acceptors (Lipinski definition) is 2. The summed E-state index contributed by atoms with van der Waals surface area (Å²) in [6, 6.07) is 8.09. The molecule has 1 fully saturated rings. The predicted octanol–water partition coefficient (Wildman–Crippen LogP) is 3.99. The average Bonchev–Trinajstić information content (AvgIpc) is 3.17. The van der Waals surface area contributed by atoms with Crippen molar-refractivity contribution in [3.05, 3.63) is 34.4 Å². The summed E-state index contributed by atoms with van der Waals surface area (Å²) in [7, 11) is 0. The van der Waals surface area contributed by atoms with Crippen LogP contribution in [-0.2, 0) is 11.3 Å². The summed E-state index contributed by atoms with van der Waals surface area (Å²) in [6.07, 6.45) is 2.51. The van der Waals surface area contributed by atoms with Gasteiger partial charge in [-0.1, -0.05) is 18.2 Å². The van der Waals surface area contributed by atoms with Crippen molar-refractivity contribution in [1.82, 2.24) is 4.57 Å². The quantitative estimate of drug-likeness (QED) is 0.797. The lowest BCUT2D eigenvalue weighted by atomic mass is 10.2. The number of halogens is 1. The molecule has 0 amide bonds. The first-order valence-electron chi connectivity index (χ1n) is 6.66. The second-order valence-electron chi connectivity index (χ2n) is 4.95. The molecule has 1 saturated carbocycles. The molecule has 1 aliphatic rings. The van der Waals surface area contributed by atoms with Crippen LogP contribution in [0.2, 0.25) is 0 Å². The molecule has 3 rings (SSSR count). The molecule has 2 aromatic rings. The lowest BCUT2D eigenvalue weighted by Gasteiger charge is -2.09. The highest BCUT2D eigenvalue weighted by atomic mass is 79.9. The molecule has 1 aromatic heterocycles. The lowest BCUT2D eigenvalue weighted by Crippen LogP contribution is -2.13. The maximum atomic E-state index is 12.2. The van der Waals surface area contributed by atoms with Gasteiger partial charge in [0.05, 0.1) is 11.1 Å². The van der Waals surface area contributed by atoms with E-state index in [9.17, 15) is 4.79 Å². The van der Waals surface area contributed by atoms with Gasteiger partial charge in [0.2, 0.25) is 0 Å². The second-order valence-corrected chi connectivity index (χ2v) is 5.75. The van der Waals surface area contributed by atoms with E-state index in [1.807, 2.05) is 25.1 Å². The summed E-state index contributed by atoms with van der Waals surface area (Å²) in [5, 5.41) is 1.08.